The Morgan fingerprint density at radius 1 is 0.931 bits per heavy atom. The zero-order valence-electron chi connectivity index (χ0n) is 16.8. The van der Waals surface area contributed by atoms with Gasteiger partial charge in [-0.1, -0.05) is 36.4 Å². The van der Waals surface area contributed by atoms with Gasteiger partial charge in [0.15, 0.2) is 0 Å². The van der Waals surface area contributed by atoms with Crippen LogP contribution in [0.5, 0.6) is 0 Å². The topological polar surface area (TPSA) is 64.1 Å². The SMILES string of the molecule is CN(C(=O)CN(CC(=O)O)c1cccc2c1CCCC2)N1Cc2ccccc2C1. The van der Waals surface area contributed by atoms with E-state index in [1.807, 2.05) is 29.3 Å². The number of carbonyl (C=O) groups is 2. The van der Waals surface area contributed by atoms with E-state index in [0.29, 0.717) is 13.1 Å². The van der Waals surface area contributed by atoms with Crippen LogP contribution in [0.2, 0.25) is 0 Å². The third-order valence-corrected chi connectivity index (χ3v) is 5.97. The quantitative estimate of drug-likeness (QED) is 0.818. The predicted octanol–water partition coefficient (Wildman–Crippen LogP) is 2.85. The number of carbonyl (C=O) groups excluding carboxylic acids is 1. The first-order chi connectivity index (χ1) is 14.0. The molecule has 2 aliphatic rings. The first kappa shape index (κ1) is 19.5. The molecule has 6 heteroatoms. The van der Waals surface area contributed by atoms with Gasteiger partial charge in [0.1, 0.15) is 6.54 Å². The summed E-state index contributed by atoms with van der Waals surface area (Å²) in [5.74, 6) is -1.03. The van der Waals surface area contributed by atoms with E-state index < -0.39 is 5.97 Å². The molecule has 0 bridgehead atoms. The van der Waals surface area contributed by atoms with Gasteiger partial charge in [-0.25, -0.2) is 5.01 Å². The standard InChI is InChI=1S/C23H27N3O3/c1-24(26-13-18-8-2-3-9-19(18)14-26)22(27)15-25(16-23(28)29)21-12-6-10-17-7-4-5-11-20(17)21/h2-3,6,8-10,12H,4-5,7,11,13-16H2,1H3,(H,28,29). The fourth-order valence-corrected chi connectivity index (χ4v) is 4.40. The van der Waals surface area contributed by atoms with Crippen LogP contribution in [-0.4, -0.2) is 47.1 Å². The van der Waals surface area contributed by atoms with Crippen molar-refractivity contribution in [2.75, 3.05) is 25.0 Å². The molecule has 1 amide bonds. The Balaban J connectivity index is 1.52. The second-order valence-corrected chi connectivity index (χ2v) is 7.88. The van der Waals surface area contributed by atoms with Crippen molar-refractivity contribution < 1.29 is 14.7 Å². The largest absolute Gasteiger partial charge is 0.480 e. The monoisotopic (exact) mass is 393 g/mol. The number of nitrogens with zero attached hydrogens (tertiary/aromatic N) is 3. The summed E-state index contributed by atoms with van der Waals surface area (Å²) in [6.45, 7) is 1.25. The van der Waals surface area contributed by atoms with E-state index in [1.165, 1.54) is 22.3 Å². The molecule has 1 heterocycles. The van der Waals surface area contributed by atoms with Gasteiger partial charge in [-0.3, -0.25) is 14.6 Å². The Labute approximate surface area is 171 Å². The lowest BCUT2D eigenvalue weighted by atomic mass is 9.90. The summed E-state index contributed by atoms with van der Waals surface area (Å²) >= 11 is 0. The van der Waals surface area contributed by atoms with Crippen molar-refractivity contribution in [3.63, 3.8) is 0 Å². The van der Waals surface area contributed by atoms with Crippen molar-refractivity contribution in [2.45, 2.75) is 38.8 Å². The van der Waals surface area contributed by atoms with Crippen LogP contribution >= 0.6 is 0 Å². The number of benzene rings is 2. The maximum Gasteiger partial charge on any atom is 0.323 e. The lowest BCUT2D eigenvalue weighted by Crippen LogP contribution is -2.47. The Morgan fingerprint density at radius 2 is 1.59 bits per heavy atom. The number of aryl methyl sites for hydroxylation is 1. The van der Waals surface area contributed by atoms with Gasteiger partial charge in [0.2, 0.25) is 0 Å². The number of hydrazine groups is 1. The van der Waals surface area contributed by atoms with E-state index in [9.17, 15) is 14.7 Å². The molecule has 1 aliphatic heterocycles. The summed E-state index contributed by atoms with van der Waals surface area (Å²) < 4.78 is 0. The summed E-state index contributed by atoms with van der Waals surface area (Å²) in [6, 6.07) is 14.2. The molecule has 0 saturated heterocycles. The highest BCUT2D eigenvalue weighted by molar-refractivity contribution is 5.84. The van der Waals surface area contributed by atoms with Gasteiger partial charge in [0.05, 0.1) is 6.54 Å². The molecule has 1 N–H and O–H groups in total. The predicted molar refractivity (Wildman–Crippen MR) is 111 cm³/mol. The Bertz CT molecular complexity index is 902. The zero-order chi connectivity index (χ0) is 20.4. The van der Waals surface area contributed by atoms with E-state index in [-0.39, 0.29) is 19.0 Å². The second-order valence-electron chi connectivity index (χ2n) is 7.88. The molecule has 2 aromatic rings. The number of carboxylic acids is 1. The summed E-state index contributed by atoms with van der Waals surface area (Å²) in [5.41, 5.74) is 5.82. The van der Waals surface area contributed by atoms with Crippen LogP contribution in [0.15, 0.2) is 42.5 Å². The number of fused-ring (bicyclic) bond motifs is 2. The number of likely N-dealkylation sites (N-methyl/N-ethyl adjacent to an activating group) is 1. The molecule has 0 atom stereocenters. The fourth-order valence-electron chi connectivity index (χ4n) is 4.40. The maximum absolute atomic E-state index is 13.1. The molecule has 0 spiro atoms. The first-order valence-electron chi connectivity index (χ1n) is 10.2. The molecule has 2 aromatic carbocycles. The summed E-state index contributed by atoms with van der Waals surface area (Å²) in [7, 11) is 1.77. The highest BCUT2D eigenvalue weighted by Crippen LogP contribution is 2.31. The van der Waals surface area contributed by atoms with Crippen LogP contribution in [-0.2, 0) is 35.5 Å². The van der Waals surface area contributed by atoms with Crippen LogP contribution in [0.1, 0.15) is 35.1 Å². The number of rotatable bonds is 6. The highest BCUT2D eigenvalue weighted by atomic mass is 16.4. The number of amides is 1. The maximum atomic E-state index is 13.1. The lowest BCUT2D eigenvalue weighted by molar-refractivity contribution is -0.145. The molecule has 6 nitrogen and oxygen atoms in total. The second kappa shape index (κ2) is 8.25. The first-order valence-corrected chi connectivity index (χ1v) is 10.2. The van der Waals surface area contributed by atoms with Crippen molar-refractivity contribution in [2.24, 2.45) is 0 Å². The van der Waals surface area contributed by atoms with Gasteiger partial charge in [0, 0.05) is 25.8 Å². The van der Waals surface area contributed by atoms with E-state index in [0.717, 1.165) is 31.4 Å². The number of anilines is 1. The summed E-state index contributed by atoms with van der Waals surface area (Å²) in [5, 5.41) is 13.1. The molecule has 0 radical (unpaired) electrons. The molecular weight excluding hydrogens is 366 g/mol. The molecule has 0 saturated carbocycles. The van der Waals surface area contributed by atoms with Crippen LogP contribution in [0.3, 0.4) is 0 Å². The fraction of sp³-hybridized carbons (Fsp3) is 0.391. The van der Waals surface area contributed by atoms with Crippen LogP contribution in [0, 0.1) is 0 Å². The van der Waals surface area contributed by atoms with Gasteiger partial charge >= 0.3 is 5.97 Å². The van der Waals surface area contributed by atoms with Crippen LogP contribution < -0.4 is 4.90 Å². The molecular formula is C23H27N3O3. The number of hydrogen-bond acceptors (Lipinski definition) is 4. The highest BCUT2D eigenvalue weighted by Gasteiger charge is 2.27. The Morgan fingerprint density at radius 3 is 2.28 bits per heavy atom. The van der Waals surface area contributed by atoms with Gasteiger partial charge in [-0.15, -0.1) is 0 Å². The molecule has 0 aromatic heterocycles. The minimum absolute atomic E-state index is 0.0477. The van der Waals surface area contributed by atoms with E-state index in [1.54, 1.807) is 17.0 Å². The number of aliphatic carboxylic acids is 1. The van der Waals surface area contributed by atoms with Crippen LogP contribution in [0.4, 0.5) is 5.69 Å². The van der Waals surface area contributed by atoms with Crippen LogP contribution in [0.25, 0.3) is 0 Å². The van der Waals surface area contributed by atoms with Crippen molar-refractivity contribution in [3.8, 4) is 0 Å². The molecule has 29 heavy (non-hydrogen) atoms. The van der Waals surface area contributed by atoms with Gasteiger partial charge < -0.3 is 10.0 Å². The number of carboxylic acid groups (broad SMARTS) is 1. The summed E-state index contributed by atoms with van der Waals surface area (Å²) in [4.78, 5) is 26.3. The Kier molecular flexibility index (Phi) is 5.53. The molecule has 0 fully saturated rings. The Hall–Kier alpha value is -2.86. The number of hydrogen-bond donors (Lipinski definition) is 1. The van der Waals surface area contributed by atoms with Gasteiger partial charge in [-0.05, 0) is 54.0 Å². The third-order valence-electron chi connectivity index (χ3n) is 5.97. The van der Waals surface area contributed by atoms with E-state index in [2.05, 4.69) is 18.2 Å². The van der Waals surface area contributed by atoms with Crippen molar-refractivity contribution >= 4 is 17.6 Å². The average Bonchev–Trinajstić information content (AvgIpc) is 3.16. The smallest absolute Gasteiger partial charge is 0.323 e. The normalized spacial score (nSPS) is 15.5. The van der Waals surface area contributed by atoms with Crippen molar-refractivity contribution in [3.05, 3.63) is 64.7 Å². The van der Waals surface area contributed by atoms with E-state index >= 15 is 0 Å². The zero-order valence-corrected chi connectivity index (χ0v) is 16.8. The average molecular weight is 393 g/mol. The van der Waals surface area contributed by atoms with Gasteiger partial charge in [0.25, 0.3) is 5.91 Å². The van der Waals surface area contributed by atoms with Crippen molar-refractivity contribution in [1.29, 1.82) is 0 Å². The third kappa shape index (κ3) is 4.12. The van der Waals surface area contributed by atoms with Crippen molar-refractivity contribution in [1.82, 2.24) is 10.0 Å². The molecule has 0 unspecified atom stereocenters. The van der Waals surface area contributed by atoms with Gasteiger partial charge in [-0.2, -0.15) is 0 Å². The minimum Gasteiger partial charge on any atom is -0.480 e. The molecule has 152 valence electrons. The molecule has 4 rings (SSSR count). The summed E-state index contributed by atoms with van der Waals surface area (Å²) in [6.07, 6.45) is 4.22. The lowest BCUT2D eigenvalue weighted by Gasteiger charge is -2.32. The van der Waals surface area contributed by atoms with E-state index in [4.69, 9.17) is 0 Å². The molecule has 1 aliphatic carbocycles. The minimum atomic E-state index is -0.928.